The number of aryl methyl sites for hydroxylation is 2. The van der Waals surface area contributed by atoms with E-state index in [1.165, 1.54) is 30.4 Å². The van der Waals surface area contributed by atoms with E-state index in [2.05, 4.69) is 52.1 Å². The van der Waals surface area contributed by atoms with E-state index in [-0.39, 0.29) is 5.04 Å². The molecule has 0 N–H and O–H groups in total. The molecule has 0 aromatic heterocycles. The van der Waals surface area contributed by atoms with Gasteiger partial charge < -0.3 is 4.43 Å². The van der Waals surface area contributed by atoms with Crippen LogP contribution in [0.2, 0.25) is 18.1 Å². The number of hydrogen-bond acceptors (Lipinski definition) is 1. The third-order valence-electron chi connectivity index (χ3n) is 4.25. The molecule has 0 atom stereocenters. The van der Waals surface area contributed by atoms with Gasteiger partial charge in [-0.3, -0.25) is 0 Å². The summed E-state index contributed by atoms with van der Waals surface area (Å²) in [6.07, 6.45) is 3.78. The van der Waals surface area contributed by atoms with E-state index in [4.69, 9.17) is 4.43 Å². The van der Waals surface area contributed by atoms with Crippen LogP contribution in [0.3, 0.4) is 0 Å². The quantitative estimate of drug-likeness (QED) is 0.697. The van der Waals surface area contributed by atoms with Crippen molar-refractivity contribution in [1.29, 1.82) is 0 Å². The standard InChI is InChI=1S/C15H24OSi/c1-15(2,3)17(4,5)16-14-10-9-12-7-6-8-13(12)11-14/h9-11H,6-8H2,1-5H3. The van der Waals surface area contributed by atoms with Crippen LogP contribution < -0.4 is 4.43 Å². The Kier molecular flexibility index (Phi) is 3.11. The van der Waals surface area contributed by atoms with E-state index in [9.17, 15) is 0 Å². The summed E-state index contributed by atoms with van der Waals surface area (Å²) in [5, 5.41) is 0.270. The molecule has 1 nitrogen and oxygen atoms in total. The molecule has 1 aromatic carbocycles. The molecule has 0 aliphatic heterocycles. The molecule has 0 heterocycles. The molecule has 2 rings (SSSR count). The van der Waals surface area contributed by atoms with E-state index in [1.807, 2.05) is 0 Å². The molecule has 0 spiro atoms. The third kappa shape index (κ3) is 2.57. The van der Waals surface area contributed by atoms with Crippen molar-refractivity contribution in [2.24, 2.45) is 0 Å². The number of fused-ring (bicyclic) bond motifs is 1. The molecule has 0 radical (unpaired) electrons. The highest BCUT2D eigenvalue weighted by Gasteiger charge is 2.39. The van der Waals surface area contributed by atoms with Crippen LogP contribution >= 0.6 is 0 Å². The Balaban J connectivity index is 2.20. The highest BCUT2D eigenvalue weighted by molar-refractivity contribution is 6.74. The summed E-state index contributed by atoms with van der Waals surface area (Å²) < 4.78 is 6.33. The molecule has 2 heteroatoms. The fourth-order valence-electron chi connectivity index (χ4n) is 2.06. The van der Waals surface area contributed by atoms with Crippen LogP contribution in [-0.2, 0) is 12.8 Å². The smallest absolute Gasteiger partial charge is 0.250 e. The van der Waals surface area contributed by atoms with Crippen molar-refractivity contribution >= 4 is 8.32 Å². The van der Waals surface area contributed by atoms with Gasteiger partial charge in [0.25, 0.3) is 0 Å². The van der Waals surface area contributed by atoms with Gasteiger partial charge in [-0.05, 0) is 60.7 Å². The zero-order chi connectivity index (χ0) is 12.7. The Morgan fingerprint density at radius 1 is 1.06 bits per heavy atom. The lowest BCUT2D eigenvalue weighted by Gasteiger charge is -2.36. The molecule has 0 bridgehead atoms. The summed E-state index contributed by atoms with van der Waals surface area (Å²) >= 11 is 0. The average Bonchev–Trinajstić information content (AvgIpc) is 2.62. The van der Waals surface area contributed by atoms with Gasteiger partial charge in [0.2, 0.25) is 8.32 Å². The Morgan fingerprint density at radius 2 is 1.71 bits per heavy atom. The Bertz CT molecular complexity index is 415. The molecule has 1 aromatic rings. The topological polar surface area (TPSA) is 9.23 Å². The highest BCUT2D eigenvalue weighted by Crippen LogP contribution is 2.38. The molecule has 0 amide bonds. The number of hydrogen-bond donors (Lipinski definition) is 0. The molecule has 17 heavy (non-hydrogen) atoms. The lowest BCUT2D eigenvalue weighted by molar-refractivity contribution is 0.491. The maximum atomic E-state index is 6.33. The molecule has 0 unspecified atom stereocenters. The molecule has 1 aliphatic carbocycles. The zero-order valence-electron chi connectivity index (χ0n) is 11.8. The first-order valence-electron chi connectivity index (χ1n) is 6.60. The minimum Gasteiger partial charge on any atom is -0.543 e. The minimum absolute atomic E-state index is 0.270. The number of benzene rings is 1. The van der Waals surface area contributed by atoms with Gasteiger partial charge in [-0.15, -0.1) is 0 Å². The predicted octanol–water partition coefficient (Wildman–Crippen LogP) is 4.56. The van der Waals surface area contributed by atoms with E-state index in [0.717, 1.165) is 5.75 Å². The summed E-state index contributed by atoms with van der Waals surface area (Å²) in [5.41, 5.74) is 3.02. The second-order valence-electron chi connectivity index (χ2n) is 6.65. The second kappa shape index (κ2) is 4.16. The average molecular weight is 248 g/mol. The van der Waals surface area contributed by atoms with Crippen LogP contribution in [-0.4, -0.2) is 8.32 Å². The van der Waals surface area contributed by atoms with E-state index >= 15 is 0 Å². The van der Waals surface area contributed by atoms with Crippen LogP contribution in [0.15, 0.2) is 18.2 Å². The largest absolute Gasteiger partial charge is 0.543 e. The lowest BCUT2D eigenvalue weighted by Crippen LogP contribution is -2.43. The van der Waals surface area contributed by atoms with Gasteiger partial charge in [0.05, 0.1) is 0 Å². The first-order chi connectivity index (χ1) is 7.79. The normalized spacial score (nSPS) is 15.8. The highest BCUT2D eigenvalue weighted by atomic mass is 28.4. The molecular weight excluding hydrogens is 224 g/mol. The van der Waals surface area contributed by atoms with Crippen LogP contribution in [0.4, 0.5) is 0 Å². The van der Waals surface area contributed by atoms with E-state index in [0.29, 0.717) is 0 Å². The van der Waals surface area contributed by atoms with Crippen molar-refractivity contribution in [3.05, 3.63) is 29.3 Å². The summed E-state index contributed by atoms with van der Waals surface area (Å²) in [4.78, 5) is 0. The predicted molar refractivity (Wildman–Crippen MR) is 76.3 cm³/mol. The van der Waals surface area contributed by atoms with Crippen molar-refractivity contribution in [2.75, 3.05) is 0 Å². The minimum atomic E-state index is -1.68. The summed E-state index contributed by atoms with van der Waals surface area (Å²) in [5.74, 6) is 1.08. The van der Waals surface area contributed by atoms with Crippen molar-refractivity contribution in [3.63, 3.8) is 0 Å². The molecule has 94 valence electrons. The number of rotatable bonds is 2. The van der Waals surface area contributed by atoms with Crippen molar-refractivity contribution in [3.8, 4) is 5.75 Å². The lowest BCUT2D eigenvalue weighted by atomic mass is 10.1. The maximum absolute atomic E-state index is 6.33. The van der Waals surface area contributed by atoms with Crippen LogP contribution in [0.25, 0.3) is 0 Å². The maximum Gasteiger partial charge on any atom is 0.250 e. The van der Waals surface area contributed by atoms with Crippen LogP contribution in [0.1, 0.15) is 38.3 Å². The van der Waals surface area contributed by atoms with Gasteiger partial charge in [-0.25, -0.2) is 0 Å². The SMILES string of the molecule is CC(C)(C)[Si](C)(C)Oc1ccc2c(c1)CCC2. The second-order valence-corrected chi connectivity index (χ2v) is 11.4. The Hall–Kier alpha value is -0.763. The Labute approximate surface area is 106 Å². The molecule has 1 aliphatic rings. The van der Waals surface area contributed by atoms with Gasteiger partial charge in [-0.2, -0.15) is 0 Å². The van der Waals surface area contributed by atoms with Crippen molar-refractivity contribution in [2.45, 2.75) is 58.2 Å². The zero-order valence-corrected chi connectivity index (χ0v) is 12.8. The molecule has 0 saturated heterocycles. The fraction of sp³-hybridized carbons (Fsp3) is 0.600. The van der Waals surface area contributed by atoms with Gasteiger partial charge in [0, 0.05) is 0 Å². The third-order valence-corrected chi connectivity index (χ3v) is 8.61. The first-order valence-corrected chi connectivity index (χ1v) is 9.51. The summed E-state index contributed by atoms with van der Waals surface area (Å²) in [7, 11) is -1.68. The van der Waals surface area contributed by atoms with E-state index < -0.39 is 8.32 Å². The first kappa shape index (κ1) is 12.7. The van der Waals surface area contributed by atoms with Crippen molar-refractivity contribution < 1.29 is 4.43 Å². The van der Waals surface area contributed by atoms with Gasteiger partial charge in [-0.1, -0.05) is 26.8 Å². The van der Waals surface area contributed by atoms with Crippen LogP contribution in [0.5, 0.6) is 5.75 Å². The molecule has 0 saturated carbocycles. The van der Waals surface area contributed by atoms with Gasteiger partial charge >= 0.3 is 0 Å². The summed E-state index contributed by atoms with van der Waals surface area (Å²) in [6, 6.07) is 6.68. The van der Waals surface area contributed by atoms with Crippen molar-refractivity contribution in [1.82, 2.24) is 0 Å². The fourth-order valence-corrected chi connectivity index (χ4v) is 3.08. The van der Waals surface area contributed by atoms with Gasteiger partial charge in [0.1, 0.15) is 5.75 Å². The molecular formula is C15H24OSi. The van der Waals surface area contributed by atoms with E-state index in [1.54, 1.807) is 0 Å². The summed E-state index contributed by atoms with van der Waals surface area (Å²) in [6.45, 7) is 11.5. The van der Waals surface area contributed by atoms with Crippen LogP contribution in [0, 0.1) is 0 Å². The van der Waals surface area contributed by atoms with Gasteiger partial charge in [0.15, 0.2) is 0 Å². The monoisotopic (exact) mass is 248 g/mol. The molecule has 0 fully saturated rings. The Morgan fingerprint density at radius 3 is 2.35 bits per heavy atom.